The van der Waals surface area contributed by atoms with Crippen molar-refractivity contribution in [1.82, 2.24) is 4.90 Å². The molecule has 1 aliphatic heterocycles. The van der Waals surface area contributed by atoms with Gasteiger partial charge in [0.05, 0.1) is 13.0 Å². The molecule has 1 amide bonds. The molecule has 0 atom stereocenters. The van der Waals surface area contributed by atoms with E-state index in [-0.39, 0.29) is 24.9 Å². The van der Waals surface area contributed by atoms with Gasteiger partial charge in [-0.2, -0.15) is 0 Å². The van der Waals surface area contributed by atoms with Gasteiger partial charge in [-0.05, 0) is 44.0 Å². The maximum absolute atomic E-state index is 12.8. The third-order valence-corrected chi connectivity index (χ3v) is 3.87. The Morgan fingerprint density at radius 2 is 1.91 bits per heavy atom. The van der Waals surface area contributed by atoms with E-state index in [0.717, 1.165) is 12.8 Å². The van der Waals surface area contributed by atoms with Crippen molar-refractivity contribution < 1.29 is 24.2 Å². The van der Waals surface area contributed by atoms with Gasteiger partial charge in [0, 0.05) is 31.4 Å². The van der Waals surface area contributed by atoms with Crippen LogP contribution in [0.3, 0.4) is 0 Å². The van der Waals surface area contributed by atoms with Crippen LogP contribution in [-0.4, -0.2) is 54.3 Å². The van der Waals surface area contributed by atoms with Crippen LogP contribution in [0.1, 0.15) is 36.5 Å². The molecule has 6 nitrogen and oxygen atoms in total. The minimum absolute atomic E-state index is 0.0298. The van der Waals surface area contributed by atoms with Gasteiger partial charge in [-0.1, -0.05) is 0 Å². The minimum atomic E-state index is -0.901. The van der Waals surface area contributed by atoms with Gasteiger partial charge in [0.1, 0.15) is 5.75 Å². The lowest BCUT2D eigenvalue weighted by molar-refractivity contribution is -0.137. The van der Waals surface area contributed by atoms with Crippen LogP contribution in [0.5, 0.6) is 5.75 Å². The zero-order valence-corrected chi connectivity index (χ0v) is 13.4. The monoisotopic (exact) mass is 321 g/mol. The van der Waals surface area contributed by atoms with Crippen molar-refractivity contribution in [1.29, 1.82) is 0 Å². The van der Waals surface area contributed by atoms with E-state index in [4.69, 9.17) is 14.6 Å². The number of benzene rings is 1. The van der Waals surface area contributed by atoms with Gasteiger partial charge in [0.15, 0.2) is 0 Å². The van der Waals surface area contributed by atoms with Crippen LogP contribution in [0.25, 0.3) is 0 Å². The standard InChI is InChI=1S/C17H23NO5/c1-2-23-15-5-3-13(4-6-15)17(21)18(10-7-16(19)20)14-8-11-22-12-9-14/h3-6,14H,2,7-12H2,1H3,(H,19,20). The molecule has 1 aromatic carbocycles. The lowest BCUT2D eigenvalue weighted by Gasteiger charge is -2.34. The number of ether oxygens (including phenoxy) is 2. The van der Waals surface area contributed by atoms with Crippen LogP contribution in [0, 0.1) is 0 Å². The van der Waals surface area contributed by atoms with Crippen molar-refractivity contribution in [3.63, 3.8) is 0 Å². The smallest absolute Gasteiger partial charge is 0.305 e. The molecular weight excluding hydrogens is 298 g/mol. The molecule has 1 aromatic rings. The number of carbonyl (C=O) groups excluding carboxylic acids is 1. The number of aliphatic carboxylic acids is 1. The van der Waals surface area contributed by atoms with Gasteiger partial charge in [0.25, 0.3) is 5.91 Å². The highest BCUT2D eigenvalue weighted by atomic mass is 16.5. The van der Waals surface area contributed by atoms with Gasteiger partial charge in [-0.15, -0.1) is 0 Å². The van der Waals surface area contributed by atoms with E-state index in [1.165, 1.54) is 0 Å². The lowest BCUT2D eigenvalue weighted by Crippen LogP contribution is -2.44. The van der Waals surface area contributed by atoms with Gasteiger partial charge >= 0.3 is 5.97 Å². The molecule has 0 saturated carbocycles. The summed E-state index contributed by atoms with van der Waals surface area (Å²) in [6.45, 7) is 3.89. The number of hydrogen-bond acceptors (Lipinski definition) is 4. The predicted octanol–water partition coefficient (Wildman–Crippen LogP) is 2.18. The summed E-state index contributed by atoms with van der Waals surface area (Å²) >= 11 is 0. The quantitative estimate of drug-likeness (QED) is 0.833. The Kier molecular flexibility index (Phi) is 6.40. The summed E-state index contributed by atoms with van der Waals surface area (Å²) in [6.07, 6.45) is 1.42. The molecule has 0 radical (unpaired) electrons. The van der Waals surface area contributed by atoms with E-state index in [1.807, 2.05) is 6.92 Å². The third-order valence-electron chi connectivity index (χ3n) is 3.87. The SMILES string of the molecule is CCOc1ccc(C(=O)N(CCC(=O)O)C2CCOCC2)cc1. The highest BCUT2D eigenvalue weighted by molar-refractivity contribution is 5.94. The second-order valence-electron chi connectivity index (χ2n) is 5.44. The van der Waals surface area contributed by atoms with Crippen molar-refractivity contribution in [2.45, 2.75) is 32.2 Å². The van der Waals surface area contributed by atoms with Crippen molar-refractivity contribution in [3.05, 3.63) is 29.8 Å². The number of carbonyl (C=O) groups is 2. The van der Waals surface area contributed by atoms with E-state index >= 15 is 0 Å². The van der Waals surface area contributed by atoms with Crippen molar-refractivity contribution >= 4 is 11.9 Å². The minimum Gasteiger partial charge on any atom is -0.494 e. The normalized spacial score (nSPS) is 15.2. The molecule has 1 saturated heterocycles. The largest absolute Gasteiger partial charge is 0.494 e. The second-order valence-corrected chi connectivity index (χ2v) is 5.44. The lowest BCUT2D eigenvalue weighted by atomic mass is 10.0. The zero-order chi connectivity index (χ0) is 16.7. The first-order valence-corrected chi connectivity index (χ1v) is 7.95. The van der Waals surface area contributed by atoms with Crippen LogP contribution in [0.2, 0.25) is 0 Å². The Hall–Kier alpha value is -2.08. The van der Waals surface area contributed by atoms with Crippen molar-refractivity contribution in [3.8, 4) is 5.75 Å². The molecule has 23 heavy (non-hydrogen) atoms. The average Bonchev–Trinajstić information content (AvgIpc) is 2.56. The highest BCUT2D eigenvalue weighted by Crippen LogP contribution is 2.20. The number of amides is 1. The summed E-state index contributed by atoms with van der Waals surface area (Å²) in [5, 5.41) is 8.93. The van der Waals surface area contributed by atoms with E-state index in [9.17, 15) is 9.59 Å². The van der Waals surface area contributed by atoms with E-state index < -0.39 is 5.97 Å². The zero-order valence-electron chi connectivity index (χ0n) is 13.4. The Balaban J connectivity index is 2.11. The summed E-state index contributed by atoms with van der Waals surface area (Å²) in [5.41, 5.74) is 0.547. The van der Waals surface area contributed by atoms with Crippen molar-refractivity contribution in [2.24, 2.45) is 0 Å². The molecule has 126 valence electrons. The Bertz CT molecular complexity index is 522. The summed E-state index contributed by atoms with van der Waals surface area (Å²) in [5.74, 6) is -0.324. The number of rotatable bonds is 7. The molecule has 6 heteroatoms. The third kappa shape index (κ3) is 4.96. The van der Waals surface area contributed by atoms with Crippen LogP contribution >= 0.6 is 0 Å². The number of hydrogen-bond donors (Lipinski definition) is 1. The molecule has 0 aromatic heterocycles. The predicted molar refractivity (Wildman–Crippen MR) is 84.7 cm³/mol. The van der Waals surface area contributed by atoms with Gasteiger partial charge in [-0.3, -0.25) is 9.59 Å². The Morgan fingerprint density at radius 3 is 2.48 bits per heavy atom. The first kappa shape index (κ1) is 17.3. The van der Waals surface area contributed by atoms with Crippen LogP contribution < -0.4 is 4.74 Å². The highest BCUT2D eigenvalue weighted by Gasteiger charge is 2.27. The number of carboxylic acids is 1. The molecule has 0 bridgehead atoms. The average molecular weight is 321 g/mol. The molecule has 0 unspecified atom stereocenters. The molecule has 0 aliphatic carbocycles. The fourth-order valence-corrected chi connectivity index (χ4v) is 2.69. The van der Waals surface area contributed by atoms with Crippen LogP contribution in [-0.2, 0) is 9.53 Å². The fourth-order valence-electron chi connectivity index (χ4n) is 2.69. The first-order chi connectivity index (χ1) is 11.1. The second kappa shape index (κ2) is 8.53. The van der Waals surface area contributed by atoms with E-state index in [2.05, 4.69) is 0 Å². The van der Waals surface area contributed by atoms with Crippen LogP contribution in [0.4, 0.5) is 0 Å². The fraction of sp³-hybridized carbons (Fsp3) is 0.529. The number of nitrogens with zero attached hydrogens (tertiary/aromatic N) is 1. The first-order valence-electron chi connectivity index (χ1n) is 7.95. The maximum atomic E-state index is 12.8. The molecular formula is C17H23NO5. The topological polar surface area (TPSA) is 76.1 Å². The Morgan fingerprint density at radius 1 is 1.26 bits per heavy atom. The van der Waals surface area contributed by atoms with Crippen LogP contribution in [0.15, 0.2) is 24.3 Å². The molecule has 1 heterocycles. The summed E-state index contributed by atoms with van der Waals surface area (Å²) in [6, 6.07) is 7.00. The van der Waals surface area contributed by atoms with E-state index in [0.29, 0.717) is 31.1 Å². The number of carboxylic acid groups (broad SMARTS) is 1. The molecule has 1 fully saturated rings. The van der Waals surface area contributed by atoms with Gasteiger partial charge in [-0.25, -0.2) is 0 Å². The molecule has 0 spiro atoms. The molecule has 1 aliphatic rings. The van der Waals surface area contributed by atoms with E-state index in [1.54, 1.807) is 29.2 Å². The van der Waals surface area contributed by atoms with Gasteiger partial charge in [0.2, 0.25) is 0 Å². The summed E-state index contributed by atoms with van der Waals surface area (Å²) in [4.78, 5) is 25.3. The van der Waals surface area contributed by atoms with Gasteiger partial charge < -0.3 is 19.5 Å². The van der Waals surface area contributed by atoms with Crippen molar-refractivity contribution in [2.75, 3.05) is 26.4 Å². The molecule has 1 N–H and O–H groups in total. The maximum Gasteiger partial charge on any atom is 0.305 e. The summed E-state index contributed by atoms with van der Waals surface area (Å²) in [7, 11) is 0. The Labute approximate surface area is 136 Å². The molecule has 2 rings (SSSR count). The summed E-state index contributed by atoms with van der Waals surface area (Å²) < 4.78 is 10.7.